The Morgan fingerprint density at radius 1 is 1.50 bits per heavy atom. The van der Waals surface area contributed by atoms with E-state index in [0.717, 1.165) is 14.1 Å². The van der Waals surface area contributed by atoms with E-state index in [-0.39, 0.29) is 5.82 Å². The summed E-state index contributed by atoms with van der Waals surface area (Å²) in [6.45, 7) is 0. The van der Waals surface area contributed by atoms with Crippen molar-refractivity contribution in [2.45, 2.75) is 12.5 Å². The summed E-state index contributed by atoms with van der Waals surface area (Å²) in [5.74, 6) is -0.283. The third kappa shape index (κ3) is 2.78. The van der Waals surface area contributed by atoms with Gasteiger partial charge in [0.25, 0.3) is 0 Å². The Labute approximate surface area is 110 Å². The number of halogens is 2. The Bertz CT molecular complexity index is 475. The minimum absolute atomic E-state index is 0.283. The summed E-state index contributed by atoms with van der Waals surface area (Å²) in [4.78, 5) is 4.11. The summed E-state index contributed by atoms with van der Waals surface area (Å²) >= 11 is 3.53. The van der Waals surface area contributed by atoms with Crippen molar-refractivity contribution in [1.82, 2.24) is 4.98 Å². The lowest BCUT2D eigenvalue weighted by Gasteiger charge is -2.11. The molecule has 1 aromatic heterocycles. The zero-order valence-corrected chi connectivity index (χ0v) is 11.2. The van der Waals surface area contributed by atoms with Crippen molar-refractivity contribution in [3.8, 4) is 0 Å². The molecule has 16 heavy (non-hydrogen) atoms. The summed E-state index contributed by atoms with van der Waals surface area (Å²) < 4.78 is 13.6. The number of aliphatic hydroxyl groups is 1. The molecule has 0 spiro atoms. The van der Waals surface area contributed by atoms with Gasteiger partial charge in [-0.2, -0.15) is 0 Å². The topological polar surface area (TPSA) is 33.1 Å². The van der Waals surface area contributed by atoms with Crippen LogP contribution in [0.4, 0.5) is 4.39 Å². The van der Waals surface area contributed by atoms with E-state index < -0.39 is 6.10 Å². The SMILES string of the molecule is OC(Cc1nccs1)c1ccc(F)cc1I. The molecule has 0 saturated carbocycles. The molecule has 1 heterocycles. The zero-order valence-electron chi connectivity index (χ0n) is 8.23. The Hall–Kier alpha value is -0.530. The molecule has 84 valence electrons. The van der Waals surface area contributed by atoms with Gasteiger partial charge >= 0.3 is 0 Å². The number of nitrogens with zero attached hydrogens (tertiary/aromatic N) is 1. The van der Waals surface area contributed by atoms with Crippen molar-refractivity contribution in [3.05, 3.63) is 49.7 Å². The van der Waals surface area contributed by atoms with Gasteiger partial charge in [0.15, 0.2) is 0 Å². The van der Waals surface area contributed by atoms with Gasteiger partial charge in [-0.25, -0.2) is 9.37 Å². The van der Waals surface area contributed by atoms with E-state index in [1.807, 2.05) is 28.0 Å². The molecule has 5 heteroatoms. The summed E-state index contributed by atoms with van der Waals surface area (Å²) in [6.07, 6.45) is 1.56. The average Bonchev–Trinajstić information content (AvgIpc) is 2.70. The number of benzene rings is 1. The maximum absolute atomic E-state index is 12.9. The molecule has 0 radical (unpaired) electrons. The van der Waals surface area contributed by atoms with Gasteiger partial charge in [-0.3, -0.25) is 0 Å². The van der Waals surface area contributed by atoms with Crippen LogP contribution in [0.2, 0.25) is 0 Å². The fourth-order valence-electron chi connectivity index (χ4n) is 1.40. The molecule has 0 aliphatic heterocycles. The Morgan fingerprint density at radius 3 is 2.94 bits per heavy atom. The fraction of sp³-hybridized carbons (Fsp3) is 0.182. The highest BCUT2D eigenvalue weighted by atomic mass is 127. The van der Waals surface area contributed by atoms with Crippen LogP contribution in [-0.2, 0) is 6.42 Å². The maximum Gasteiger partial charge on any atom is 0.124 e. The van der Waals surface area contributed by atoms with Crippen molar-refractivity contribution < 1.29 is 9.50 Å². The van der Waals surface area contributed by atoms with Crippen LogP contribution in [0.15, 0.2) is 29.8 Å². The Morgan fingerprint density at radius 2 is 2.31 bits per heavy atom. The van der Waals surface area contributed by atoms with Crippen LogP contribution >= 0.6 is 33.9 Å². The summed E-state index contributed by atoms with van der Waals surface area (Å²) in [6, 6.07) is 4.40. The maximum atomic E-state index is 12.9. The first-order chi connectivity index (χ1) is 7.66. The zero-order chi connectivity index (χ0) is 11.5. The third-order valence-electron chi connectivity index (χ3n) is 2.17. The van der Waals surface area contributed by atoms with Crippen LogP contribution in [0.25, 0.3) is 0 Å². The second-order valence-corrected chi connectivity index (χ2v) is 5.45. The van der Waals surface area contributed by atoms with Gasteiger partial charge in [-0.1, -0.05) is 6.07 Å². The minimum Gasteiger partial charge on any atom is -0.388 e. The first-order valence-electron chi connectivity index (χ1n) is 4.68. The van der Waals surface area contributed by atoms with Gasteiger partial charge in [-0.15, -0.1) is 11.3 Å². The van der Waals surface area contributed by atoms with Gasteiger partial charge in [-0.05, 0) is 40.3 Å². The molecule has 1 aromatic carbocycles. The normalized spacial score (nSPS) is 12.7. The molecule has 1 unspecified atom stereocenters. The van der Waals surface area contributed by atoms with Crippen LogP contribution in [-0.4, -0.2) is 10.1 Å². The molecular weight excluding hydrogens is 340 g/mol. The van der Waals surface area contributed by atoms with Crippen molar-refractivity contribution in [2.75, 3.05) is 0 Å². The lowest BCUT2D eigenvalue weighted by atomic mass is 10.1. The smallest absolute Gasteiger partial charge is 0.124 e. The Balaban J connectivity index is 2.17. The summed E-state index contributed by atoms with van der Waals surface area (Å²) in [5.41, 5.74) is 0.747. The van der Waals surface area contributed by atoms with Crippen molar-refractivity contribution in [1.29, 1.82) is 0 Å². The number of rotatable bonds is 3. The van der Waals surface area contributed by atoms with Crippen molar-refractivity contribution in [3.63, 3.8) is 0 Å². The highest BCUT2D eigenvalue weighted by Gasteiger charge is 2.13. The lowest BCUT2D eigenvalue weighted by Crippen LogP contribution is -2.04. The Kier molecular flexibility index (Phi) is 3.88. The molecular formula is C11H9FINOS. The van der Waals surface area contributed by atoms with Gasteiger partial charge in [0.1, 0.15) is 5.82 Å². The molecule has 2 rings (SSSR count). The van der Waals surface area contributed by atoms with Crippen LogP contribution in [0.3, 0.4) is 0 Å². The van der Waals surface area contributed by atoms with Gasteiger partial charge in [0.2, 0.25) is 0 Å². The summed E-state index contributed by atoms with van der Waals surface area (Å²) in [5, 5.41) is 12.8. The number of hydrogen-bond donors (Lipinski definition) is 1. The van der Waals surface area contributed by atoms with E-state index >= 15 is 0 Å². The van der Waals surface area contributed by atoms with Crippen LogP contribution < -0.4 is 0 Å². The molecule has 0 aliphatic carbocycles. The molecule has 0 fully saturated rings. The quantitative estimate of drug-likeness (QED) is 0.864. The second kappa shape index (κ2) is 5.20. The summed E-state index contributed by atoms with van der Waals surface area (Å²) in [7, 11) is 0. The van der Waals surface area contributed by atoms with Crippen molar-refractivity contribution >= 4 is 33.9 Å². The molecule has 0 bridgehead atoms. The van der Waals surface area contributed by atoms with Crippen LogP contribution in [0.1, 0.15) is 16.7 Å². The van der Waals surface area contributed by atoms with E-state index in [2.05, 4.69) is 4.98 Å². The number of aliphatic hydroxyl groups excluding tert-OH is 1. The van der Waals surface area contributed by atoms with E-state index in [1.54, 1.807) is 12.3 Å². The molecule has 0 amide bonds. The first-order valence-corrected chi connectivity index (χ1v) is 6.64. The molecule has 0 aliphatic rings. The molecule has 2 aromatic rings. The lowest BCUT2D eigenvalue weighted by molar-refractivity contribution is 0.177. The molecule has 0 saturated heterocycles. The predicted molar refractivity (Wildman–Crippen MR) is 69.9 cm³/mol. The molecule has 1 N–H and O–H groups in total. The van der Waals surface area contributed by atoms with E-state index in [4.69, 9.17) is 0 Å². The standard InChI is InChI=1S/C11H9FINOS/c12-7-1-2-8(9(13)5-7)10(15)6-11-14-3-4-16-11/h1-5,10,15H,6H2. The monoisotopic (exact) mass is 349 g/mol. The highest BCUT2D eigenvalue weighted by Crippen LogP contribution is 2.24. The van der Waals surface area contributed by atoms with Gasteiger partial charge < -0.3 is 5.11 Å². The van der Waals surface area contributed by atoms with E-state index in [1.165, 1.54) is 23.5 Å². The van der Waals surface area contributed by atoms with Crippen LogP contribution in [0.5, 0.6) is 0 Å². The van der Waals surface area contributed by atoms with Gasteiger partial charge in [0.05, 0.1) is 11.1 Å². The molecule has 2 nitrogen and oxygen atoms in total. The third-order valence-corrected chi connectivity index (χ3v) is 3.91. The number of hydrogen-bond acceptors (Lipinski definition) is 3. The second-order valence-electron chi connectivity index (χ2n) is 3.31. The molecule has 1 atom stereocenters. The van der Waals surface area contributed by atoms with Gasteiger partial charge in [0, 0.05) is 21.6 Å². The first kappa shape index (κ1) is 11.9. The van der Waals surface area contributed by atoms with Crippen molar-refractivity contribution in [2.24, 2.45) is 0 Å². The number of aromatic nitrogens is 1. The average molecular weight is 349 g/mol. The predicted octanol–water partition coefficient (Wildman–Crippen LogP) is 3.16. The minimum atomic E-state index is -0.626. The van der Waals surface area contributed by atoms with E-state index in [9.17, 15) is 9.50 Å². The highest BCUT2D eigenvalue weighted by molar-refractivity contribution is 14.1. The van der Waals surface area contributed by atoms with Crippen LogP contribution in [0, 0.1) is 9.39 Å². The largest absolute Gasteiger partial charge is 0.388 e. The fourth-order valence-corrected chi connectivity index (χ4v) is 2.89. The number of thiazole rings is 1. The van der Waals surface area contributed by atoms with E-state index in [0.29, 0.717) is 6.42 Å².